The summed E-state index contributed by atoms with van der Waals surface area (Å²) in [5, 5.41) is 0. The molecule has 2 atom stereocenters. The van der Waals surface area contributed by atoms with Gasteiger partial charge in [0, 0.05) is 38.8 Å². The Hall–Kier alpha value is -0.610. The Kier molecular flexibility index (Phi) is 3.81. The van der Waals surface area contributed by atoms with E-state index < -0.39 is 10.2 Å². The fraction of sp³-hybridized carbons (Fsp3) is 0.867. The molecule has 1 saturated carbocycles. The Morgan fingerprint density at radius 3 is 2.29 bits per heavy atom. The maximum absolute atomic E-state index is 12.8. The van der Waals surface area contributed by atoms with Gasteiger partial charge in [0.15, 0.2) is 0 Å². The first-order valence-corrected chi connectivity index (χ1v) is 9.24. The molecule has 21 heavy (non-hydrogen) atoms. The molecule has 5 nitrogen and oxygen atoms in total. The molecule has 0 N–H and O–H groups in total. The molecule has 3 rings (SSSR count). The summed E-state index contributed by atoms with van der Waals surface area (Å²) in [4.78, 5) is 2.19. The van der Waals surface area contributed by atoms with E-state index in [4.69, 9.17) is 6.42 Å². The van der Waals surface area contributed by atoms with Gasteiger partial charge in [0.25, 0.3) is 10.2 Å². The lowest BCUT2D eigenvalue weighted by Gasteiger charge is -2.42. The third-order valence-electron chi connectivity index (χ3n) is 5.36. The maximum Gasteiger partial charge on any atom is 0.282 e. The number of piperidine rings is 1. The minimum atomic E-state index is -3.28. The molecule has 6 heteroatoms. The van der Waals surface area contributed by atoms with Gasteiger partial charge in [-0.3, -0.25) is 4.90 Å². The van der Waals surface area contributed by atoms with Crippen LogP contribution in [0.2, 0.25) is 0 Å². The van der Waals surface area contributed by atoms with E-state index in [1.54, 1.807) is 8.61 Å². The quantitative estimate of drug-likeness (QED) is 0.722. The smallest absolute Gasteiger partial charge is 0.282 e. The Morgan fingerprint density at radius 2 is 1.81 bits per heavy atom. The summed E-state index contributed by atoms with van der Waals surface area (Å²) < 4.78 is 29.0. The molecule has 0 aromatic heterocycles. The number of fused-ring (bicyclic) bond motifs is 2. The molecule has 0 spiro atoms. The maximum atomic E-state index is 12.8. The molecule has 0 aromatic carbocycles. The van der Waals surface area contributed by atoms with Crippen LogP contribution in [0.4, 0.5) is 0 Å². The summed E-state index contributed by atoms with van der Waals surface area (Å²) in [5.74, 6) is 3.38. The average molecular weight is 311 g/mol. The number of rotatable bonds is 3. The molecule has 2 heterocycles. The summed E-state index contributed by atoms with van der Waals surface area (Å²) in [7, 11) is -3.28. The highest BCUT2D eigenvalue weighted by Crippen LogP contribution is 2.39. The van der Waals surface area contributed by atoms with Gasteiger partial charge in [-0.1, -0.05) is 5.92 Å². The molecule has 3 aliphatic rings. The molecule has 3 fully saturated rings. The standard InChI is InChI=1S/C15H25N3O2S/c1-4-15(2,3)16-7-9-17(10-8-16)21(19,20)18-12-13-5-6-14(18)11-13/h1,13-14H,5-12H2,2-3H3. The summed E-state index contributed by atoms with van der Waals surface area (Å²) in [6.07, 6.45) is 8.86. The molecule has 0 amide bonds. The van der Waals surface area contributed by atoms with Gasteiger partial charge in [0.05, 0.1) is 5.54 Å². The van der Waals surface area contributed by atoms with Crippen LogP contribution >= 0.6 is 0 Å². The van der Waals surface area contributed by atoms with Crippen LogP contribution in [0, 0.1) is 18.3 Å². The lowest BCUT2D eigenvalue weighted by Crippen LogP contribution is -2.58. The highest BCUT2D eigenvalue weighted by molar-refractivity contribution is 7.86. The van der Waals surface area contributed by atoms with Crippen LogP contribution in [0.5, 0.6) is 0 Å². The first kappa shape index (κ1) is 15.3. The lowest BCUT2D eigenvalue weighted by molar-refractivity contribution is 0.112. The highest BCUT2D eigenvalue weighted by Gasteiger charge is 2.46. The van der Waals surface area contributed by atoms with Crippen molar-refractivity contribution in [3.63, 3.8) is 0 Å². The van der Waals surface area contributed by atoms with E-state index in [0.29, 0.717) is 32.1 Å². The Morgan fingerprint density at radius 1 is 1.14 bits per heavy atom. The van der Waals surface area contributed by atoms with E-state index in [9.17, 15) is 8.42 Å². The number of hydrogen-bond acceptors (Lipinski definition) is 3. The van der Waals surface area contributed by atoms with Crippen LogP contribution in [-0.4, -0.2) is 66.2 Å². The van der Waals surface area contributed by atoms with Crippen LogP contribution < -0.4 is 0 Å². The molecule has 0 aromatic rings. The zero-order chi connectivity index (χ0) is 15.3. The molecule has 2 unspecified atom stereocenters. The second-order valence-corrected chi connectivity index (χ2v) is 8.88. The van der Waals surface area contributed by atoms with Crippen LogP contribution in [0.25, 0.3) is 0 Å². The normalized spacial score (nSPS) is 32.4. The van der Waals surface area contributed by atoms with Crippen LogP contribution in [-0.2, 0) is 10.2 Å². The summed E-state index contributed by atoms with van der Waals surface area (Å²) in [6, 6.07) is 0.250. The third kappa shape index (κ3) is 2.61. The SMILES string of the molecule is C#CC(C)(C)N1CCN(S(=O)(=O)N2CC3CCC2C3)CC1. The zero-order valence-electron chi connectivity index (χ0n) is 13.0. The van der Waals surface area contributed by atoms with Crippen molar-refractivity contribution in [3.8, 4) is 12.3 Å². The fourth-order valence-corrected chi connectivity index (χ4v) is 5.77. The molecule has 2 aliphatic heterocycles. The van der Waals surface area contributed by atoms with Gasteiger partial charge >= 0.3 is 0 Å². The van der Waals surface area contributed by atoms with E-state index in [1.807, 2.05) is 13.8 Å². The molecule has 118 valence electrons. The molecule has 0 radical (unpaired) electrons. The number of terminal acetylenes is 1. The van der Waals surface area contributed by atoms with Gasteiger partial charge in [0.1, 0.15) is 0 Å². The Bertz CT molecular complexity index is 544. The Balaban J connectivity index is 1.65. The van der Waals surface area contributed by atoms with Gasteiger partial charge in [-0.25, -0.2) is 0 Å². The van der Waals surface area contributed by atoms with Crippen molar-refractivity contribution in [2.24, 2.45) is 5.92 Å². The van der Waals surface area contributed by atoms with Crippen molar-refractivity contribution in [2.45, 2.75) is 44.7 Å². The predicted molar refractivity (Wildman–Crippen MR) is 82.8 cm³/mol. The summed E-state index contributed by atoms with van der Waals surface area (Å²) >= 11 is 0. The van der Waals surface area contributed by atoms with Crippen molar-refractivity contribution in [2.75, 3.05) is 32.7 Å². The van der Waals surface area contributed by atoms with Crippen molar-refractivity contribution >= 4 is 10.2 Å². The monoisotopic (exact) mass is 311 g/mol. The number of hydrogen-bond donors (Lipinski definition) is 0. The van der Waals surface area contributed by atoms with Crippen molar-refractivity contribution in [1.29, 1.82) is 0 Å². The Labute approximate surface area is 128 Å². The van der Waals surface area contributed by atoms with Gasteiger partial charge in [-0.05, 0) is 39.0 Å². The van der Waals surface area contributed by atoms with Gasteiger partial charge in [-0.15, -0.1) is 6.42 Å². The first-order chi connectivity index (χ1) is 9.84. The minimum Gasteiger partial charge on any atom is -0.285 e. The van der Waals surface area contributed by atoms with Gasteiger partial charge in [-0.2, -0.15) is 17.0 Å². The first-order valence-electron chi connectivity index (χ1n) is 7.84. The van der Waals surface area contributed by atoms with E-state index in [2.05, 4.69) is 10.8 Å². The van der Waals surface area contributed by atoms with Crippen molar-refractivity contribution < 1.29 is 8.42 Å². The average Bonchev–Trinajstić information content (AvgIpc) is 3.10. The molecular weight excluding hydrogens is 286 g/mol. The van der Waals surface area contributed by atoms with Crippen molar-refractivity contribution in [3.05, 3.63) is 0 Å². The number of piperazine rings is 1. The summed E-state index contributed by atoms with van der Waals surface area (Å²) in [5.41, 5.74) is -0.303. The van der Waals surface area contributed by atoms with Gasteiger partial charge in [0.2, 0.25) is 0 Å². The third-order valence-corrected chi connectivity index (χ3v) is 7.42. The molecule has 2 saturated heterocycles. The van der Waals surface area contributed by atoms with Crippen LogP contribution in [0.15, 0.2) is 0 Å². The van der Waals surface area contributed by atoms with Crippen molar-refractivity contribution in [1.82, 2.24) is 13.5 Å². The largest absolute Gasteiger partial charge is 0.285 e. The molecule has 1 aliphatic carbocycles. The molecule has 2 bridgehead atoms. The zero-order valence-corrected chi connectivity index (χ0v) is 13.8. The fourth-order valence-electron chi connectivity index (χ4n) is 3.88. The van der Waals surface area contributed by atoms with E-state index in [0.717, 1.165) is 19.4 Å². The molecular formula is C15H25N3O2S. The number of nitrogens with zero attached hydrogens (tertiary/aromatic N) is 3. The topological polar surface area (TPSA) is 43.9 Å². The predicted octanol–water partition coefficient (Wildman–Crippen LogP) is 0.745. The minimum absolute atomic E-state index is 0.250. The van der Waals surface area contributed by atoms with E-state index >= 15 is 0 Å². The second kappa shape index (κ2) is 5.24. The van der Waals surface area contributed by atoms with E-state index in [-0.39, 0.29) is 11.6 Å². The highest BCUT2D eigenvalue weighted by atomic mass is 32.2. The van der Waals surface area contributed by atoms with E-state index in [1.165, 1.54) is 6.42 Å². The van der Waals surface area contributed by atoms with Crippen LogP contribution in [0.1, 0.15) is 33.1 Å². The summed E-state index contributed by atoms with van der Waals surface area (Å²) in [6.45, 7) is 7.25. The second-order valence-electron chi connectivity index (χ2n) is 7.00. The van der Waals surface area contributed by atoms with Gasteiger partial charge < -0.3 is 0 Å². The van der Waals surface area contributed by atoms with Crippen LogP contribution in [0.3, 0.4) is 0 Å². The lowest BCUT2D eigenvalue weighted by atomic mass is 10.0.